The normalized spacial score (nSPS) is 10.6. The van der Waals surface area contributed by atoms with Gasteiger partial charge in [-0.25, -0.2) is 9.82 Å². The minimum atomic E-state index is -0.370. The molecule has 0 radical (unpaired) electrons. The van der Waals surface area contributed by atoms with Gasteiger partial charge in [-0.3, -0.25) is 4.79 Å². The molecule has 0 atom stereocenters. The molecular formula is C16H15FN2O2. The van der Waals surface area contributed by atoms with Crippen LogP contribution in [0.5, 0.6) is 5.75 Å². The first kappa shape index (κ1) is 14.7. The molecule has 0 saturated heterocycles. The van der Waals surface area contributed by atoms with Crippen LogP contribution >= 0.6 is 0 Å². The molecular weight excluding hydrogens is 271 g/mol. The van der Waals surface area contributed by atoms with Gasteiger partial charge in [-0.15, -0.1) is 0 Å². The van der Waals surface area contributed by atoms with Crippen molar-refractivity contribution >= 4 is 12.1 Å². The third kappa shape index (κ3) is 3.89. The summed E-state index contributed by atoms with van der Waals surface area (Å²) in [6.07, 6.45) is 1.44. The molecule has 2 aromatic carbocycles. The second-order valence-corrected chi connectivity index (χ2v) is 4.45. The Morgan fingerprint density at radius 2 is 1.95 bits per heavy atom. The lowest BCUT2D eigenvalue weighted by Crippen LogP contribution is -2.18. The average Bonchev–Trinajstić information content (AvgIpc) is 2.49. The third-order valence-electron chi connectivity index (χ3n) is 2.85. The largest absolute Gasteiger partial charge is 0.496 e. The highest BCUT2D eigenvalue weighted by Gasteiger charge is 2.11. The summed E-state index contributed by atoms with van der Waals surface area (Å²) in [5, 5.41) is 3.84. The monoisotopic (exact) mass is 286 g/mol. The fourth-order valence-corrected chi connectivity index (χ4v) is 1.76. The Morgan fingerprint density at radius 1 is 1.24 bits per heavy atom. The van der Waals surface area contributed by atoms with E-state index in [9.17, 15) is 9.18 Å². The SMILES string of the molecule is COc1cc(C)ccc1C(=O)N/N=C\c1ccc(F)cc1. The molecule has 0 aromatic heterocycles. The van der Waals surface area contributed by atoms with E-state index < -0.39 is 0 Å². The molecule has 2 aromatic rings. The van der Waals surface area contributed by atoms with Gasteiger partial charge in [0, 0.05) is 0 Å². The van der Waals surface area contributed by atoms with Crippen molar-refractivity contribution in [3.05, 3.63) is 65.0 Å². The summed E-state index contributed by atoms with van der Waals surface area (Å²) in [5.74, 6) is -0.199. The first-order valence-electron chi connectivity index (χ1n) is 6.34. The Balaban J connectivity index is 2.06. The topological polar surface area (TPSA) is 50.7 Å². The van der Waals surface area contributed by atoms with Crippen LogP contribution in [0, 0.1) is 12.7 Å². The van der Waals surface area contributed by atoms with Gasteiger partial charge >= 0.3 is 0 Å². The number of ether oxygens (including phenoxy) is 1. The van der Waals surface area contributed by atoms with E-state index in [4.69, 9.17) is 4.74 Å². The van der Waals surface area contributed by atoms with Crippen LogP contribution in [0.1, 0.15) is 21.5 Å². The van der Waals surface area contributed by atoms with Gasteiger partial charge in [-0.05, 0) is 42.3 Å². The predicted octanol–water partition coefficient (Wildman–Crippen LogP) is 2.91. The van der Waals surface area contributed by atoms with Crippen LogP contribution in [0.2, 0.25) is 0 Å². The Kier molecular flexibility index (Phi) is 4.66. The molecule has 0 heterocycles. The molecule has 0 unspecified atom stereocenters. The van der Waals surface area contributed by atoms with E-state index in [1.165, 1.54) is 25.5 Å². The van der Waals surface area contributed by atoms with Crippen LogP contribution in [0.3, 0.4) is 0 Å². The van der Waals surface area contributed by atoms with Crippen molar-refractivity contribution in [2.45, 2.75) is 6.92 Å². The number of hydrazone groups is 1. The number of nitrogens with one attached hydrogen (secondary N) is 1. The van der Waals surface area contributed by atoms with Gasteiger partial charge in [0.2, 0.25) is 0 Å². The maximum atomic E-state index is 12.7. The number of carbonyl (C=O) groups is 1. The summed E-state index contributed by atoms with van der Waals surface area (Å²) in [5.41, 5.74) is 4.50. The van der Waals surface area contributed by atoms with E-state index in [0.29, 0.717) is 16.9 Å². The zero-order valence-corrected chi connectivity index (χ0v) is 11.8. The Labute approximate surface area is 122 Å². The predicted molar refractivity (Wildman–Crippen MR) is 79.2 cm³/mol. The van der Waals surface area contributed by atoms with Crippen LogP contribution in [0.25, 0.3) is 0 Å². The summed E-state index contributed by atoms with van der Waals surface area (Å²) in [4.78, 5) is 12.0. The van der Waals surface area contributed by atoms with Gasteiger partial charge in [0.25, 0.3) is 5.91 Å². The van der Waals surface area contributed by atoms with E-state index in [2.05, 4.69) is 10.5 Å². The highest BCUT2D eigenvalue weighted by Crippen LogP contribution is 2.19. The molecule has 1 N–H and O–H groups in total. The fraction of sp³-hybridized carbons (Fsp3) is 0.125. The molecule has 0 fully saturated rings. The molecule has 0 saturated carbocycles. The van der Waals surface area contributed by atoms with Gasteiger partial charge in [-0.1, -0.05) is 18.2 Å². The molecule has 0 spiro atoms. The maximum absolute atomic E-state index is 12.7. The van der Waals surface area contributed by atoms with Gasteiger partial charge < -0.3 is 4.74 Å². The number of hydrogen-bond acceptors (Lipinski definition) is 3. The quantitative estimate of drug-likeness (QED) is 0.694. The molecule has 4 nitrogen and oxygen atoms in total. The number of methoxy groups -OCH3 is 1. The lowest BCUT2D eigenvalue weighted by atomic mass is 10.1. The van der Waals surface area contributed by atoms with Crippen molar-refractivity contribution in [2.24, 2.45) is 5.10 Å². The third-order valence-corrected chi connectivity index (χ3v) is 2.85. The summed E-state index contributed by atoms with van der Waals surface area (Å²) in [7, 11) is 1.51. The highest BCUT2D eigenvalue weighted by molar-refractivity contribution is 5.97. The number of rotatable bonds is 4. The average molecular weight is 286 g/mol. The molecule has 2 rings (SSSR count). The van der Waals surface area contributed by atoms with Crippen LogP contribution < -0.4 is 10.2 Å². The molecule has 1 amide bonds. The summed E-state index contributed by atoms with van der Waals surface area (Å²) >= 11 is 0. The summed E-state index contributed by atoms with van der Waals surface area (Å²) in [6, 6.07) is 11.1. The van der Waals surface area contributed by atoms with Crippen molar-refractivity contribution in [1.82, 2.24) is 5.43 Å². The molecule has 0 aliphatic carbocycles. The lowest BCUT2D eigenvalue weighted by molar-refractivity contribution is 0.0952. The Morgan fingerprint density at radius 3 is 2.62 bits per heavy atom. The number of amides is 1. The van der Waals surface area contributed by atoms with Crippen molar-refractivity contribution < 1.29 is 13.9 Å². The van der Waals surface area contributed by atoms with E-state index in [-0.39, 0.29) is 11.7 Å². The molecule has 0 bridgehead atoms. The van der Waals surface area contributed by atoms with Crippen LogP contribution in [0.4, 0.5) is 4.39 Å². The van der Waals surface area contributed by atoms with E-state index in [0.717, 1.165) is 5.56 Å². The fourth-order valence-electron chi connectivity index (χ4n) is 1.76. The van der Waals surface area contributed by atoms with Crippen LogP contribution in [-0.2, 0) is 0 Å². The van der Waals surface area contributed by atoms with Gasteiger partial charge in [0.15, 0.2) is 0 Å². The number of hydrogen-bond donors (Lipinski definition) is 1. The molecule has 0 aliphatic rings. The van der Waals surface area contributed by atoms with Gasteiger partial charge in [0.1, 0.15) is 11.6 Å². The van der Waals surface area contributed by atoms with Crippen LogP contribution in [0.15, 0.2) is 47.6 Å². The highest BCUT2D eigenvalue weighted by atomic mass is 19.1. The first-order chi connectivity index (χ1) is 10.1. The number of aryl methyl sites for hydroxylation is 1. The van der Waals surface area contributed by atoms with E-state index >= 15 is 0 Å². The minimum absolute atomic E-state index is 0.319. The summed E-state index contributed by atoms with van der Waals surface area (Å²) < 4.78 is 17.9. The zero-order valence-electron chi connectivity index (χ0n) is 11.8. The summed E-state index contributed by atoms with van der Waals surface area (Å²) in [6.45, 7) is 1.91. The Hall–Kier alpha value is -2.69. The molecule has 21 heavy (non-hydrogen) atoms. The number of halogens is 1. The standard InChI is InChI=1S/C16H15FN2O2/c1-11-3-8-14(15(9-11)21-2)16(20)19-18-10-12-4-6-13(17)7-5-12/h3-10H,1-2H3,(H,19,20)/b18-10-. The minimum Gasteiger partial charge on any atom is -0.496 e. The molecule has 0 aliphatic heterocycles. The maximum Gasteiger partial charge on any atom is 0.275 e. The van der Waals surface area contributed by atoms with E-state index in [1.807, 2.05) is 13.0 Å². The van der Waals surface area contributed by atoms with E-state index in [1.54, 1.807) is 24.3 Å². The zero-order chi connectivity index (χ0) is 15.2. The number of nitrogens with zero attached hydrogens (tertiary/aromatic N) is 1. The number of benzene rings is 2. The first-order valence-corrected chi connectivity index (χ1v) is 6.34. The Bertz CT molecular complexity index is 666. The van der Waals surface area contributed by atoms with Crippen molar-refractivity contribution in [1.29, 1.82) is 0 Å². The van der Waals surface area contributed by atoms with Crippen molar-refractivity contribution in [3.8, 4) is 5.75 Å². The molecule has 108 valence electrons. The smallest absolute Gasteiger partial charge is 0.275 e. The lowest BCUT2D eigenvalue weighted by Gasteiger charge is -2.07. The second kappa shape index (κ2) is 6.65. The van der Waals surface area contributed by atoms with Gasteiger partial charge in [0.05, 0.1) is 18.9 Å². The van der Waals surface area contributed by atoms with Crippen LogP contribution in [-0.4, -0.2) is 19.2 Å². The van der Waals surface area contributed by atoms with Gasteiger partial charge in [-0.2, -0.15) is 5.10 Å². The van der Waals surface area contributed by atoms with Crippen molar-refractivity contribution in [2.75, 3.05) is 7.11 Å². The number of carbonyl (C=O) groups excluding carboxylic acids is 1. The van der Waals surface area contributed by atoms with Crippen molar-refractivity contribution in [3.63, 3.8) is 0 Å². The second-order valence-electron chi connectivity index (χ2n) is 4.45. The molecule has 5 heteroatoms.